The van der Waals surface area contributed by atoms with E-state index in [4.69, 9.17) is 0 Å². The van der Waals surface area contributed by atoms with Crippen molar-refractivity contribution < 1.29 is 14.7 Å². The highest BCUT2D eigenvalue weighted by atomic mass is 16.3. The normalized spacial score (nSPS) is 15.5. The summed E-state index contributed by atoms with van der Waals surface area (Å²) in [5, 5.41) is 10.2. The van der Waals surface area contributed by atoms with Crippen LogP contribution in [0.1, 0.15) is 72.6 Å². The van der Waals surface area contributed by atoms with E-state index in [1.165, 1.54) is 25.3 Å². The molecule has 1 atom stereocenters. The predicted octanol–water partition coefficient (Wildman–Crippen LogP) is 4.10. The topological polar surface area (TPSA) is 54.4 Å². The first-order chi connectivity index (χ1) is 10.6. The number of aliphatic hydroxyl groups is 1. The van der Waals surface area contributed by atoms with Crippen molar-refractivity contribution in [2.45, 2.75) is 58.0 Å². The third kappa shape index (κ3) is 3.92. The van der Waals surface area contributed by atoms with Gasteiger partial charge in [0, 0.05) is 16.7 Å². The zero-order valence-electron chi connectivity index (χ0n) is 13.2. The Bertz CT molecular complexity index is 572. The van der Waals surface area contributed by atoms with Gasteiger partial charge in [0.1, 0.15) is 0 Å². The fourth-order valence-electron chi connectivity index (χ4n) is 2.86. The molecule has 1 aromatic carbocycles. The molecule has 0 spiro atoms. The van der Waals surface area contributed by atoms with Crippen LogP contribution in [0, 0.1) is 0 Å². The van der Waals surface area contributed by atoms with E-state index in [1.54, 1.807) is 24.3 Å². The van der Waals surface area contributed by atoms with E-state index in [0.717, 1.165) is 19.3 Å². The van der Waals surface area contributed by atoms with Crippen molar-refractivity contribution in [3.8, 4) is 0 Å². The molecular weight excluding hydrogens is 276 g/mol. The molecule has 0 bridgehead atoms. The van der Waals surface area contributed by atoms with Gasteiger partial charge >= 0.3 is 0 Å². The minimum Gasteiger partial charge on any atom is -0.388 e. The fourth-order valence-corrected chi connectivity index (χ4v) is 2.86. The number of rotatable bonds is 8. The molecule has 0 fully saturated rings. The molecule has 1 aliphatic carbocycles. The van der Waals surface area contributed by atoms with Gasteiger partial charge in [-0.3, -0.25) is 9.59 Å². The summed E-state index contributed by atoms with van der Waals surface area (Å²) >= 11 is 0. The number of unbranched alkanes of at least 4 members (excludes halogenated alkanes) is 5. The average Bonchev–Trinajstić information content (AvgIpc) is 2.54. The molecule has 1 N–H and O–H groups in total. The Labute approximate surface area is 132 Å². The molecule has 0 radical (unpaired) electrons. The molecule has 118 valence electrons. The van der Waals surface area contributed by atoms with E-state index >= 15 is 0 Å². The highest BCUT2D eigenvalue weighted by Crippen LogP contribution is 2.25. The molecule has 0 amide bonds. The van der Waals surface area contributed by atoms with Crippen molar-refractivity contribution in [1.82, 2.24) is 0 Å². The number of benzene rings is 1. The zero-order valence-corrected chi connectivity index (χ0v) is 13.2. The Morgan fingerprint density at radius 1 is 0.955 bits per heavy atom. The van der Waals surface area contributed by atoms with Crippen LogP contribution in [0.5, 0.6) is 0 Å². The monoisotopic (exact) mass is 300 g/mol. The van der Waals surface area contributed by atoms with Crippen LogP contribution >= 0.6 is 0 Å². The van der Waals surface area contributed by atoms with Crippen LogP contribution < -0.4 is 0 Å². The third-order valence-electron chi connectivity index (χ3n) is 4.18. The first-order valence-corrected chi connectivity index (χ1v) is 8.23. The molecule has 1 unspecified atom stereocenters. The van der Waals surface area contributed by atoms with E-state index in [0.29, 0.717) is 17.5 Å². The lowest BCUT2D eigenvalue weighted by Gasteiger charge is -2.19. The molecule has 0 saturated carbocycles. The van der Waals surface area contributed by atoms with Crippen molar-refractivity contribution in [1.29, 1.82) is 0 Å². The lowest BCUT2D eigenvalue weighted by Crippen LogP contribution is -2.25. The molecule has 0 aliphatic heterocycles. The molecule has 3 heteroatoms. The van der Waals surface area contributed by atoms with E-state index in [2.05, 4.69) is 6.92 Å². The number of hydrogen-bond acceptors (Lipinski definition) is 3. The van der Waals surface area contributed by atoms with Crippen LogP contribution in [0.25, 0.3) is 0 Å². The maximum absolute atomic E-state index is 12.4. The minimum absolute atomic E-state index is 0.188. The van der Waals surface area contributed by atoms with Crippen LogP contribution in [-0.4, -0.2) is 22.8 Å². The summed E-state index contributed by atoms with van der Waals surface area (Å²) in [6.07, 6.45) is 7.80. The second-order valence-corrected chi connectivity index (χ2v) is 5.91. The number of carbonyl (C=O) groups excluding carboxylic acids is 2. The van der Waals surface area contributed by atoms with Crippen molar-refractivity contribution in [3.63, 3.8) is 0 Å². The summed E-state index contributed by atoms with van der Waals surface area (Å²) in [6, 6.07) is 6.80. The Kier molecular flexibility index (Phi) is 6.08. The van der Waals surface area contributed by atoms with Gasteiger partial charge in [0.25, 0.3) is 0 Å². The summed E-state index contributed by atoms with van der Waals surface area (Å²) in [5.41, 5.74) is 1.09. The average molecular weight is 300 g/mol. The molecule has 1 aromatic rings. The van der Waals surface area contributed by atoms with E-state index < -0.39 is 6.10 Å². The van der Waals surface area contributed by atoms with Crippen molar-refractivity contribution in [3.05, 3.63) is 47.0 Å². The summed E-state index contributed by atoms with van der Waals surface area (Å²) in [7, 11) is 0. The highest BCUT2D eigenvalue weighted by Gasteiger charge is 2.28. The number of ketones is 2. The number of aliphatic hydroxyl groups excluding tert-OH is 1. The first kappa shape index (κ1) is 16.6. The van der Waals surface area contributed by atoms with Gasteiger partial charge in [-0.15, -0.1) is 0 Å². The van der Waals surface area contributed by atoms with Crippen LogP contribution in [0.4, 0.5) is 0 Å². The van der Waals surface area contributed by atoms with Gasteiger partial charge in [0.2, 0.25) is 0 Å². The summed E-state index contributed by atoms with van der Waals surface area (Å²) in [5.74, 6) is -0.402. The van der Waals surface area contributed by atoms with Gasteiger partial charge in [-0.25, -0.2) is 0 Å². The maximum Gasteiger partial charge on any atom is 0.192 e. The second-order valence-electron chi connectivity index (χ2n) is 5.91. The van der Waals surface area contributed by atoms with E-state index in [9.17, 15) is 14.7 Å². The van der Waals surface area contributed by atoms with Crippen molar-refractivity contribution >= 4 is 11.6 Å². The van der Waals surface area contributed by atoms with Crippen LogP contribution in [0.2, 0.25) is 0 Å². The van der Waals surface area contributed by atoms with Crippen molar-refractivity contribution in [2.24, 2.45) is 0 Å². The molecule has 0 heterocycles. The predicted molar refractivity (Wildman–Crippen MR) is 87.2 cm³/mol. The SMILES string of the molecule is CCCCCCCCC(O)C1=CC(=O)c2ccccc2C1=O. The third-order valence-corrected chi connectivity index (χ3v) is 4.18. The lowest BCUT2D eigenvalue weighted by atomic mass is 9.86. The molecular formula is C19H24O3. The van der Waals surface area contributed by atoms with Gasteiger partial charge in [-0.1, -0.05) is 69.7 Å². The molecule has 1 aliphatic rings. The van der Waals surface area contributed by atoms with Crippen LogP contribution in [-0.2, 0) is 0 Å². The Hall–Kier alpha value is -1.74. The van der Waals surface area contributed by atoms with Gasteiger partial charge in [-0.2, -0.15) is 0 Å². The zero-order chi connectivity index (χ0) is 15.9. The van der Waals surface area contributed by atoms with E-state index in [1.807, 2.05) is 0 Å². The number of allylic oxidation sites excluding steroid dienone is 1. The van der Waals surface area contributed by atoms with Crippen molar-refractivity contribution in [2.75, 3.05) is 0 Å². The summed E-state index contributed by atoms with van der Waals surface area (Å²) in [6.45, 7) is 2.18. The highest BCUT2D eigenvalue weighted by molar-refractivity contribution is 6.24. The number of fused-ring (bicyclic) bond motifs is 1. The van der Waals surface area contributed by atoms with Gasteiger partial charge in [0.15, 0.2) is 11.6 Å². The summed E-state index contributed by atoms with van der Waals surface area (Å²) in [4.78, 5) is 24.5. The second kappa shape index (κ2) is 8.04. The quantitative estimate of drug-likeness (QED) is 0.735. The number of hydrogen-bond donors (Lipinski definition) is 1. The maximum atomic E-state index is 12.4. The largest absolute Gasteiger partial charge is 0.388 e. The first-order valence-electron chi connectivity index (χ1n) is 8.23. The van der Waals surface area contributed by atoms with Crippen LogP contribution in [0.15, 0.2) is 35.9 Å². The Balaban J connectivity index is 1.92. The van der Waals surface area contributed by atoms with E-state index in [-0.39, 0.29) is 17.1 Å². The van der Waals surface area contributed by atoms with Gasteiger partial charge in [0.05, 0.1) is 6.10 Å². The molecule has 0 saturated heterocycles. The molecule has 2 rings (SSSR count). The van der Waals surface area contributed by atoms with Crippen LogP contribution in [0.3, 0.4) is 0 Å². The lowest BCUT2D eigenvalue weighted by molar-refractivity contribution is 0.0941. The number of Topliss-reactive ketones (excluding diaryl/α,β-unsaturated/α-hetero) is 1. The van der Waals surface area contributed by atoms with Gasteiger partial charge in [-0.05, 0) is 12.5 Å². The molecule has 3 nitrogen and oxygen atoms in total. The summed E-state index contributed by atoms with van der Waals surface area (Å²) < 4.78 is 0. The fraction of sp³-hybridized carbons (Fsp3) is 0.474. The molecule has 0 aromatic heterocycles. The van der Waals surface area contributed by atoms with Gasteiger partial charge < -0.3 is 5.11 Å². The smallest absolute Gasteiger partial charge is 0.192 e. The Morgan fingerprint density at radius 2 is 1.59 bits per heavy atom. The Morgan fingerprint density at radius 3 is 2.32 bits per heavy atom. The minimum atomic E-state index is -0.837. The number of carbonyl (C=O) groups is 2. The molecule has 22 heavy (non-hydrogen) atoms. The standard InChI is InChI=1S/C19H24O3/c1-2-3-4-5-6-7-12-17(20)16-13-18(21)14-10-8-9-11-15(14)19(16)22/h8-11,13,17,20H,2-7,12H2,1H3.